The van der Waals surface area contributed by atoms with E-state index in [9.17, 15) is 10.1 Å². The second kappa shape index (κ2) is 5.69. The molecule has 1 aliphatic heterocycles. The molecular weight excluding hydrogens is 296 g/mol. The van der Waals surface area contributed by atoms with E-state index >= 15 is 0 Å². The van der Waals surface area contributed by atoms with E-state index in [4.69, 9.17) is 4.42 Å². The second-order valence-electron chi connectivity index (χ2n) is 5.87. The average Bonchev–Trinajstić information content (AvgIpc) is 3.11. The first-order valence-electron chi connectivity index (χ1n) is 7.31. The van der Waals surface area contributed by atoms with Gasteiger partial charge in [0.2, 0.25) is 5.91 Å². The van der Waals surface area contributed by atoms with Crippen molar-refractivity contribution in [2.75, 3.05) is 11.5 Å². The number of nitriles is 1. The van der Waals surface area contributed by atoms with E-state index in [1.54, 1.807) is 18.0 Å². The predicted molar refractivity (Wildman–Crippen MR) is 87.8 cm³/mol. The number of rotatable bonds is 3. The van der Waals surface area contributed by atoms with E-state index in [-0.39, 0.29) is 12.3 Å². The molecule has 114 valence electrons. The third kappa shape index (κ3) is 2.59. The summed E-state index contributed by atoms with van der Waals surface area (Å²) >= 11 is 1.71. The quantitative estimate of drug-likeness (QED) is 0.945. The summed E-state index contributed by atoms with van der Waals surface area (Å²) in [5, 5.41) is 13.2. The first-order valence-corrected chi connectivity index (χ1v) is 8.46. The van der Waals surface area contributed by atoms with Crippen molar-refractivity contribution >= 4 is 28.6 Å². The number of aryl methyl sites for hydroxylation is 2. The van der Waals surface area contributed by atoms with Crippen molar-refractivity contribution < 1.29 is 9.21 Å². The van der Waals surface area contributed by atoms with Gasteiger partial charge in [0, 0.05) is 16.7 Å². The Morgan fingerprint density at radius 2 is 2.32 bits per heavy atom. The van der Waals surface area contributed by atoms with Crippen LogP contribution < -0.4 is 5.32 Å². The Hall–Kier alpha value is -1.93. The van der Waals surface area contributed by atoms with Gasteiger partial charge in [0.15, 0.2) is 0 Å². The Balaban J connectivity index is 1.80. The summed E-state index contributed by atoms with van der Waals surface area (Å²) < 4.78 is 5.63. The molecular formula is C17H18N2O2S. The van der Waals surface area contributed by atoms with Crippen molar-refractivity contribution in [3.63, 3.8) is 0 Å². The number of nitrogens with one attached hydrogen (secondary N) is 1. The third-order valence-electron chi connectivity index (χ3n) is 4.31. The normalized spacial score (nSPS) is 21.0. The number of nitrogens with zero attached hydrogens (tertiary/aromatic N) is 1. The van der Waals surface area contributed by atoms with Crippen LogP contribution in [0.25, 0.3) is 11.0 Å². The van der Waals surface area contributed by atoms with Crippen LogP contribution in [0.5, 0.6) is 0 Å². The highest BCUT2D eigenvalue weighted by Crippen LogP contribution is 2.29. The molecule has 1 aliphatic rings. The lowest BCUT2D eigenvalue weighted by atomic mass is 10.00. The van der Waals surface area contributed by atoms with Gasteiger partial charge in [-0.15, -0.1) is 0 Å². The molecule has 2 aromatic rings. The van der Waals surface area contributed by atoms with E-state index in [0.29, 0.717) is 12.2 Å². The fourth-order valence-electron chi connectivity index (χ4n) is 2.79. The highest BCUT2D eigenvalue weighted by Gasteiger charge is 2.36. The number of furan rings is 1. The molecule has 0 spiro atoms. The van der Waals surface area contributed by atoms with Gasteiger partial charge in [-0.05, 0) is 37.1 Å². The molecule has 2 heterocycles. The Kier molecular flexibility index (Phi) is 3.88. The van der Waals surface area contributed by atoms with Crippen molar-refractivity contribution in [1.29, 1.82) is 5.26 Å². The topological polar surface area (TPSA) is 66.0 Å². The molecule has 5 heteroatoms. The molecule has 1 atom stereocenters. The third-order valence-corrected chi connectivity index (χ3v) is 5.50. The SMILES string of the molecule is Cc1ccc2c(CC(=O)NC3(C#N)CCSC3)coc2c1C. The molecule has 1 aromatic carbocycles. The highest BCUT2D eigenvalue weighted by atomic mass is 32.2. The highest BCUT2D eigenvalue weighted by molar-refractivity contribution is 7.99. The maximum atomic E-state index is 12.3. The molecule has 4 nitrogen and oxygen atoms in total. The standard InChI is InChI=1S/C17H18N2O2S/c1-11-3-4-14-13(8-21-16(14)12(11)2)7-15(20)19-17(9-18)5-6-22-10-17/h3-4,8H,5-7,10H2,1-2H3,(H,19,20). The van der Waals surface area contributed by atoms with Gasteiger partial charge >= 0.3 is 0 Å². The van der Waals surface area contributed by atoms with E-state index < -0.39 is 5.54 Å². The molecule has 0 saturated carbocycles. The molecule has 1 aromatic heterocycles. The maximum Gasteiger partial charge on any atom is 0.225 e. The zero-order chi connectivity index (χ0) is 15.7. The minimum absolute atomic E-state index is 0.120. The number of hydrogen-bond donors (Lipinski definition) is 1. The van der Waals surface area contributed by atoms with Crippen LogP contribution >= 0.6 is 11.8 Å². The van der Waals surface area contributed by atoms with Gasteiger partial charge in [0.1, 0.15) is 11.1 Å². The zero-order valence-corrected chi connectivity index (χ0v) is 13.5. The summed E-state index contributed by atoms with van der Waals surface area (Å²) in [4.78, 5) is 12.3. The number of thioether (sulfide) groups is 1. The minimum atomic E-state index is -0.701. The average molecular weight is 314 g/mol. The van der Waals surface area contributed by atoms with Crippen LogP contribution in [0.2, 0.25) is 0 Å². The van der Waals surface area contributed by atoms with Crippen LogP contribution in [0.3, 0.4) is 0 Å². The number of carbonyl (C=O) groups excluding carboxylic acids is 1. The number of benzene rings is 1. The van der Waals surface area contributed by atoms with Gasteiger partial charge in [0.25, 0.3) is 0 Å². The van der Waals surface area contributed by atoms with Gasteiger partial charge in [0.05, 0.1) is 18.8 Å². The fourth-order valence-corrected chi connectivity index (χ4v) is 4.06. The van der Waals surface area contributed by atoms with Crippen LogP contribution in [0.15, 0.2) is 22.8 Å². The van der Waals surface area contributed by atoms with Gasteiger partial charge < -0.3 is 9.73 Å². The molecule has 1 saturated heterocycles. The molecule has 1 N–H and O–H groups in total. The number of carbonyl (C=O) groups is 1. The monoisotopic (exact) mass is 314 g/mol. The summed E-state index contributed by atoms with van der Waals surface area (Å²) in [6.07, 6.45) is 2.60. The summed E-state index contributed by atoms with van der Waals surface area (Å²) in [5.74, 6) is 1.46. The zero-order valence-electron chi connectivity index (χ0n) is 12.7. The number of amides is 1. The maximum absolute atomic E-state index is 12.3. The van der Waals surface area contributed by atoms with E-state index in [1.165, 1.54) is 5.56 Å². The predicted octanol–water partition coefficient (Wildman–Crippen LogP) is 3.11. The Bertz CT molecular complexity index is 767. The minimum Gasteiger partial charge on any atom is -0.464 e. The van der Waals surface area contributed by atoms with Gasteiger partial charge in [-0.1, -0.05) is 12.1 Å². The lowest BCUT2D eigenvalue weighted by Gasteiger charge is -2.20. The van der Waals surface area contributed by atoms with E-state index in [2.05, 4.69) is 11.4 Å². The van der Waals surface area contributed by atoms with E-state index in [1.807, 2.05) is 26.0 Å². The Labute approximate surface area is 133 Å². The molecule has 22 heavy (non-hydrogen) atoms. The summed E-state index contributed by atoms with van der Waals surface area (Å²) in [6.45, 7) is 4.06. The van der Waals surface area contributed by atoms with Gasteiger partial charge in [-0.3, -0.25) is 4.79 Å². The Morgan fingerprint density at radius 3 is 3.00 bits per heavy atom. The second-order valence-corrected chi connectivity index (χ2v) is 6.97. The number of hydrogen-bond acceptors (Lipinski definition) is 4. The summed E-state index contributed by atoms with van der Waals surface area (Å²) in [6, 6.07) is 6.30. The molecule has 1 amide bonds. The van der Waals surface area contributed by atoms with Crippen molar-refractivity contribution in [3.8, 4) is 6.07 Å². The first-order chi connectivity index (χ1) is 10.5. The van der Waals surface area contributed by atoms with E-state index in [0.717, 1.165) is 27.8 Å². The van der Waals surface area contributed by atoms with Crippen LogP contribution in [-0.4, -0.2) is 23.0 Å². The lowest BCUT2D eigenvalue weighted by molar-refractivity contribution is -0.121. The van der Waals surface area contributed by atoms with Crippen molar-refractivity contribution in [2.45, 2.75) is 32.2 Å². The van der Waals surface area contributed by atoms with Gasteiger partial charge in [-0.2, -0.15) is 17.0 Å². The molecule has 0 radical (unpaired) electrons. The largest absolute Gasteiger partial charge is 0.464 e. The molecule has 1 fully saturated rings. The molecule has 0 aliphatic carbocycles. The van der Waals surface area contributed by atoms with Crippen molar-refractivity contribution in [1.82, 2.24) is 5.32 Å². The van der Waals surface area contributed by atoms with Crippen LogP contribution in [0.4, 0.5) is 0 Å². The lowest BCUT2D eigenvalue weighted by Crippen LogP contribution is -2.48. The Morgan fingerprint density at radius 1 is 1.50 bits per heavy atom. The van der Waals surface area contributed by atoms with Crippen LogP contribution in [0, 0.1) is 25.2 Å². The fraction of sp³-hybridized carbons (Fsp3) is 0.412. The first kappa shape index (κ1) is 15.0. The number of fused-ring (bicyclic) bond motifs is 1. The van der Waals surface area contributed by atoms with Crippen LogP contribution in [-0.2, 0) is 11.2 Å². The summed E-state index contributed by atoms with van der Waals surface area (Å²) in [7, 11) is 0. The molecule has 0 bridgehead atoms. The van der Waals surface area contributed by atoms with Crippen LogP contribution in [0.1, 0.15) is 23.1 Å². The molecule has 1 unspecified atom stereocenters. The van der Waals surface area contributed by atoms with Crippen molar-refractivity contribution in [3.05, 3.63) is 35.1 Å². The van der Waals surface area contributed by atoms with Crippen molar-refractivity contribution in [2.24, 2.45) is 0 Å². The molecule has 3 rings (SSSR count). The summed E-state index contributed by atoms with van der Waals surface area (Å²) in [5.41, 5.74) is 3.28. The van der Waals surface area contributed by atoms with Gasteiger partial charge in [-0.25, -0.2) is 0 Å². The smallest absolute Gasteiger partial charge is 0.225 e.